The number of hydrogen-bond acceptors (Lipinski definition) is 5. The molecular weight excluding hydrogens is 346 g/mol. The summed E-state index contributed by atoms with van der Waals surface area (Å²) in [5.74, 6) is 1.34. The van der Waals surface area contributed by atoms with Crippen molar-refractivity contribution in [2.45, 2.75) is 22.8 Å². The van der Waals surface area contributed by atoms with Gasteiger partial charge >= 0.3 is 0 Å². The van der Waals surface area contributed by atoms with E-state index in [1.165, 1.54) is 0 Å². The average molecular weight is 365 g/mol. The lowest BCUT2D eigenvalue weighted by molar-refractivity contribution is 0.171. The van der Waals surface area contributed by atoms with Crippen LogP contribution < -0.4 is 14.2 Å². The number of sulfonamides is 1. The number of rotatable bonds is 5. The van der Waals surface area contributed by atoms with Crippen molar-refractivity contribution >= 4 is 21.8 Å². The van der Waals surface area contributed by atoms with Gasteiger partial charge in [0.05, 0.1) is 4.90 Å². The lowest BCUT2D eigenvalue weighted by atomic mass is 10.1. The predicted octanol–water partition coefficient (Wildman–Crippen LogP) is 3.22. The van der Waals surface area contributed by atoms with Crippen molar-refractivity contribution < 1.29 is 17.9 Å². The van der Waals surface area contributed by atoms with Crippen LogP contribution in [0.4, 0.5) is 0 Å². The van der Waals surface area contributed by atoms with Crippen LogP contribution in [0.15, 0.2) is 52.3 Å². The smallest absolute Gasteiger partial charge is 0.241 e. The largest absolute Gasteiger partial charge is 0.486 e. The quantitative estimate of drug-likeness (QED) is 0.824. The molecule has 2 aromatic carbocycles. The molecule has 0 saturated carbocycles. The summed E-state index contributed by atoms with van der Waals surface area (Å²) in [5.41, 5.74) is 0.823. The lowest BCUT2D eigenvalue weighted by Crippen LogP contribution is -2.27. The standard InChI is InChI=1S/C17H19NO4S2/c1-12(13-3-8-16-17(11-13)22-10-9-21-16)18-24(19,20)15-6-4-14(23-2)5-7-15/h3-8,11-12,18H,9-10H2,1-2H3. The fourth-order valence-electron chi connectivity index (χ4n) is 2.45. The van der Waals surface area contributed by atoms with E-state index >= 15 is 0 Å². The van der Waals surface area contributed by atoms with E-state index in [9.17, 15) is 8.42 Å². The minimum absolute atomic E-state index is 0.254. The minimum Gasteiger partial charge on any atom is -0.486 e. The number of nitrogens with one attached hydrogen (secondary N) is 1. The van der Waals surface area contributed by atoms with Gasteiger partial charge in [-0.1, -0.05) is 6.07 Å². The summed E-state index contributed by atoms with van der Waals surface area (Å²) in [5, 5.41) is 0. The molecule has 1 heterocycles. The zero-order valence-electron chi connectivity index (χ0n) is 13.5. The summed E-state index contributed by atoms with van der Waals surface area (Å²) in [6.45, 7) is 2.83. The summed E-state index contributed by atoms with van der Waals surface area (Å²) in [7, 11) is -3.59. The van der Waals surface area contributed by atoms with E-state index in [1.807, 2.05) is 24.5 Å². The third-order valence-electron chi connectivity index (χ3n) is 3.77. The van der Waals surface area contributed by atoms with Gasteiger partial charge in [0.15, 0.2) is 11.5 Å². The second kappa shape index (κ2) is 7.04. The Labute approximate surface area is 146 Å². The zero-order valence-corrected chi connectivity index (χ0v) is 15.1. The first-order chi connectivity index (χ1) is 11.5. The van der Waals surface area contributed by atoms with Crippen LogP contribution in [-0.4, -0.2) is 27.9 Å². The predicted molar refractivity (Wildman–Crippen MR) is 94.4 cm³/mol. The molecule has 0 aliphatic carbocycles. The lowest BCUT2D eigenvalue weighted by Gasteiger charge is -2.21. The molecule has 0 aromatic heterocycles. The zero-order chi connectivity index (χ0) is 17.2. The fourth-order valence-corrected chi connectivity index (χ4v) is 4.09. The monoisotopic (exact) mass is 365 g/mol. The Morgan fingerprint density at radius 2 is 1.71 bits per heavy atom. The first-order valence-electron chi connectivity index (χ1n) is 7.55. The highest BCUT2D eigenvalue weighted by Crippen LogP contribution is 2.33. The molecule has 1 N–H and O–H groups in total. The molecule has 24 heavy (non-hydrogen) atoms. The SMILES string of the molecule is CSc1ccc(S(=O)(=O)NC(C)c2ccc3c(c2)OCCO3)cc1. The van der Waals surface area contributed by atoms with Gasteiger partial charge in [-0.15, -0.1) is 11.8 Å². The third-order valence-corrected chi connectivity index (χ3v) is 6.07. The highest BCUT2D eigenvalue weighted by molar-refractivity contribution is 7.98. The van der Waals surface area contributed by atoms with E-state index in [2.05, 4.69) is 4.72 Å². The maximum Gasteiger partial charge on any atom is 0.241 e. The van der Waals surface area contributed by atoms with Crippen LogP contribution >= 0.6 is 11.8 Å². The number of fused-ring (bicyclic) bond motifs is 1. The molecule has 0 bridgehead atoms. The van der Waals surface area contributed by atoms with E-state index in [0.717, 1.165) is 10.5 Å². The third kappa shape index (κ3) is 3.68. The summed E-state index contributed by atoms with van der Waals surface area (Å²) >= 11 is 1.57. The second-order valence-corrected chi connectivity index (χ2v) is 8.02. The van der Waals surface area contributed by atoms with Gasteiger partial charge in [0.2, 0.25) is 10.0 Å². The highest BCUT2D eigenvalue weighted by Gasteiger charge is 2.20. The van der Waals surface area contributed by atoms with Crippen LogP contribution in [0, 0.1) is 0 Å². The first kappa shape index (κ1) is 17.1. The molecule has 1 aliphatic heterocycles. The fraction of sp³-hybridized carbons (Fsp3) is 0.294. The van der Waals surface area contributed by atoms with Crippen LogP contribution in [0.1, 0.15) is 18.5 Å². The summed E-state index contributed by atoms with van der Waals surface area (Å²) in [4.78, 5) is 1.28. The summed E-state index contributed by atoms with van der Waals surface area (Å²) in [6, 6.07) is 11.9. The van der Waals surface area contributed by atoms with Crippen LogP contribution in [0.3, 0.4) is 0 Å². The first-order valence-corrected chi connectivity index (χ1v) is 10.3. The molecule has 3 rings (SSSR count). The minimum atomic E-state index is -3.59. The van der Waals surface area contributed by atoms with Crippen molar-refractivity contribution in [1.82, 2.24) is 4.72 Å². The van der Waals surface area contributed by atoms with Crippen molar-refractivity contribution in [3.05, 3.63) is 48.0 Å². The van der Waals surface area contributed by atoms with E-state index in [0.29, 0.717) is 24.7 Å². The number of benzene rings is 2. The van der Waals surface area contributed by atoms with Crippen molar-refractivity contribution in [3.63, 3.8) is 0 Å². The Balaban J connectivity index is 1.78. The second-order valence-electron chi connectivity index (χ2n) is 5.42. The number of hydrogen-bond donors (Lipinski definition) is 1. The average Bonchev–Trinajstić information content (AvgIpc) is 2.61. The maximum atomic E-state index is 12.5. The molecule has 5 nitrogen and oxygen atoms in total. The Kier molecular flexibility index (Phi) is 5.03. The summed E-state index contributed by atoms with van der Waals surface area (Å²) < 4.78 is 38.8. The molecule has 0 amide bonds. The van der Waals surface area contributed by atoms with Crippen molar-refractivity contribution in [2.24, 2.45) is 0 Å². The van der Waals surface area contributed by atoms with Crippen LogP contribution in [0.25, 0.3) is 0 Å². The van der Waals surface area contributed by atoms with Crippen LogP contribution in [-0.2, 0) is 10.0 Å². The van der Waals surface area contributed by atoms with Gasteiger partial charge < -0.3 is 9.47 Å². The van der Waals surface area contributed by atoms with Crippen molar-refractivity contribution in [2.75, 3.05) is 19.5 Å². The van der Waals surface area contributed by atoms with Gasteiger partial charge in [0.25, 0.3) is 0 Å². The highest BCUT2D eigenvalue weighted by atomic mass is 32.2. The number of ether oxygens (including phenoxy) is 2. The van der Waals surface area contributed by atoms with Gasteiger partial charge in [-0.05, 0) is 55.1 Å². The molecule has 1 atom stereocenters. The maximum absolute atomic E-state index is 12.5. The molecule has 2 aromatic rings. The molecule has 7 heteroatoms. The molecule has 1 aliphatic rings. The van der Waals surface area contributed by atoms with Gasteiger partial charge in [-0.3, -0.25) is 0 Å². The normalized spacial score (nSPS) is 15.1. The van der Waals surface area contributed by atoms with Crippen molar-refractivity contribution in [3.8, 4) is 11.5 Å². The molecule has 0 spiro atoms. The van der Waals surface area contributed by atoms with Crippen molar-refractivity contribution in [1.29, 1.82) is 0 Å². The Bertz CT molecular complexity index is 819. The molecule has 0 radical (unpaired) electrons. The van der Waals surface area contributed by atoms with Gasteiger partial charge in [-0.25, -0.2) is 13.1 Å². The number of thioether (sulfide) groups is 1. The topological polar surface area (TPSA) is 64.6 Å². The van der Waals surface area contributed by atoms with E-state index in [4.69, 9.17) is 9.47 Å². The van der Waals surface area contributed by atoms with Gasteiger partial charge in [-0.2, -0.15) is 0 Å². The molecule has 0 saturated heterocycles. The Morgan fingerprint density at radius 1 is 1.04 bits per heavy atom. The Morgan fingerprint density at radius 3 is 2.38 bits per heavy atom. The van der Waals surface area contributed by atoms with E-state index < -0.39 is 10.0 Å². The molecular formula is C17H19NO4S2. The van der Waals surface area contributed by atoms with E-state index in [1.54, 1.807) is 43.0 Å². The summed E-state index contributed by atoms with van der Waals surface area (Å²) in [6.07, 6.45) is 1.95. The molecule has 0 fully saturated rings. The van der Waals surface area contributed by atoms with Gasteiger partial charge in [0, 0.05) is 10.9 Å². The van der Waals surface area contributed by atoms with Crippen LogP contribution in [0.5, 0.6) is 11.5 Å². The Hall–Kier alpha value is -1.70. The molecule has 128 valence electrons. The van der Waals surface area contributed by atoms with Crippen LogP contribution in [0.2, 0.25) is 0 Å². The van der Waals surface area contributed by atoms with E-state index in [-0.39, 0.29) is 10.9 Å². The molecule has 1 unspecified atom stereocenters. The van der Waals surface area contributed by atoms with Gasteiger partial charge in [0.1, 0.15) is 13.2 Å².